The lowest BCUT2D eigenvalue weighted by molar-refractivity contribution is 0.506. The first-order valence-corrected chi connectivity index (χ1v) is 11.3. The zero-order chi connectivity index (χ0) is 21.3. The molecule has 0 atom stereocenters. The van der Waals surface area contributed by atoms with E-state index in [0.717, 1.165) is 54.5 Å². The van der Waals surface area contributed by atoms with E-state index in [2.05, 4.69) is 45.4 Å². The van der Waals surface area contributed by atoms with Crippen molar-refractivity contribution in [3.63, 3.8) is 0 Å². The second-order valence-corrected chi connectivity index (χ2v) is 8.25. The number of hydrogen-bond donors (Lipinski definition) is 2. The Balaban J connectivity index is 0.00000289. The molecule has 0 saturated carbocycles. The summed E-state index contributed by atoms with van der Waals surface area (Å²) >= 11 is 1.78. The number of nitrogens with one attached hydrogen (secondary N) is 2. The van der Waals surface area contributed by atoms with Crippen molar-refractivity contribution in [1.82, 2.24) is 20.4 Å². The van der Waals surface area contributed by atoms with Crippen molar-refractivity contribution < 1.29 is 4.42 Å². The van der Waals surface area contributed by atoms with Gasteiger partial charge < -0.3 is 15.1 Å². The summed E-state index contributed by atoms with van der Waals surface area (Å²) in [5, 5.41) is 13.6. The number of guanidine groups is 1. The minimum atomic E-state index is 0. The molecule has 32 heavy (non-hydrogen) atoms. The second kappa shape index (κ2) is 12.4. The van der Waals surface area contributed by atoms with Crippen molar-refractivity contribution >= 4 is 41.3 Å². The second-order valence-electron chi connectivity index (χ2n) is 7.22. The highest BCUT2D eigenvalue weighted by Gasteiger charge is 2.10. The maximum absolute atomic E-state index is 5.43. The number of thiophene rings is 1. The Kier molecular flexibility index (Phi) is 9.36. The van der Waals surface area contributed by atoms with Gasteiger partial charge in [0, 0.05) is 48.8 Å². The molecule has 3 aromatic heterocycles. The van der Waals surface area contributed by atoms with Gasteiger partial charge in [0.1, 0.15) is 5.76 Å². The smallest absolute Gasteiger partial charge is 0.191 e. The van der Waals surface area contributed by atoms with Crippen LogP contribution < -0.4 is 10.6 Å². The molecule has 6 nitrogen and oxygen atoms in total. The number of benzene rings is 1. The Morgan fingerprint density at radius 1 is 1.03 bits per heavy atom. The fraction of sp³-hybridized carbons (Fsp3) is 0.250. The first kappa shape index (κ1) is 24.1. The van der Waals surface area contributed by atoms with Crippen molar-refractivity contribution in [1.29, 1.82) is 0 Å². The predicted molar refractivity (Wildman–Crippen MR) is 142 cm³/mol. The number of aliphatic imine (C=N–C) groups is 1. The molecule has 0 aliphatic rings. The van der Waals surface area contributed by atoms with E-state index in [1.54, 1.807) is 17.6 Å². The largest absolute Gasteiger partial charge is 0.469 e. The van der Waals surface area contributed by atoms with Gasteiger partial charge in [-0.3, -0.25) is 4.68 Å². The van der Waals surface area contributed by atoms with Crippen molar-refractivity contribution in [2.24, 2.45) is 12.0 Å². The van der Waals surface area contributed by atoms with E-state index in [0.29, 0.717) is 6.54 Å². The van der Waals surface area contributed by atoms with Crippen LogP contribution in [0.25, 0.3) is 11.3 Å². The van der Waals surface area contributed by atoms with E-state index in [1.165, 1.54) is 4.88 Å². The van der Waals surface area contributed by atoms with Gasteiger partial charge in [0.15, 0.2) is 5.96 Å². The van der Waals surface area contributed by atoms with Crippen molar-refractivity contribution in [2.75, 3.05) is 13.1 Å². The van der Waals surface area contributed by atoms with Gasteiger partial charge in [0.2, 0.25) is 0 Å². The first-order chi connectivity index (χ1) is 15.3. The van der Waals surface area contributed by atoms with Crippen LogP contribution >= 0.6 is 35.3 Å². The molecule has 4 aromatic rings. The van der Waals surface area contributed by atoms with Gasteiger partial charge in [-0.2, -0.15) is 5.10 Å². The molecule has 0 saturated heterocycles. The SMILES string of the molecule is Cn1cc(CN=C(NCCc2ccco2)NCCc2cccs2)c(-c2ccccc2)n1.I. The first-order valence-electron chi connectivity index (χ1n) is 10.4. The molecule has 0 aliphatic heterocycles. The number of nitrogens with zero attached hydrogens (tertiary/aromatic N) is 3. The fourth-order valence-corrected chi connectivity index (χ4v) is 4.06. The number of rotatable bonds is 9. The third-order valence-electron chi connectivity index (χ3n) is 4.85. The number of halogens is 1. The Labute approximate surface area is 209 Å². The van der Waals surface area contributed by atoms with E-state index in [4.69, 9.17) is 9.41 Å². The van der Waals surface area contributed by atoms with Crippen LogP contribution in [0.1, 0.15) is 16.2 Å². The van der Waals surface area contributed by atoms with E-state index in [9.17, 15) is 0 Å². The molecule has 3 heterocycles. The molecule has 0 radical (unpaired) electrons. The topological polar surface area (TPSA) is 67.4 Å². The molecular weight excluding hydrogens is 533 g/mol. The predicted octanol–water partition coefficient (Wildman–Crippen LogP) is 4.88. The maximum Gasteiger partial charge on any atom is 0.191 e. The Bertz CT molecular complexity index is 1030. The van der Waals surface area contributed by atoms with Gasteiger partial charge in [-0.25, -0.2) is 4.99 Å². The van der Waals surface area contributed by atoms with Gasteiger partial charge in [-0.05, 0) is 30.0 Å². The molecular formula is C24H28IN5OS. The van der Waals surface area contributed by atoms with Gasteiger partial charge >= 0.3 is 0 Å². The summed E-state index contributed by atoms with van der Waals surface area (Å²) in [7, 11) is 1.95. The van der Waals surface area contributed by atoms with Crippen LogP contribution in [0.2, 0.25) is 0 Å². The summed E-state index contributed by atoms with van der Waals surface area (Å²) in [6.07, 6.45) is 5.52. The monoisotopic (exact) mass is 561 g/mol. The van der Waals surface area contributed by atoms with E-state index >= 15 is 0 Å². The van der Waals surface area contributed by atoms with Crippen LogP contribution in [-0.4, -0.2) is 28.8 Å². The van der Waals surface area contributed by atoms with Crippen LogP contribution in [0, 0.1) is 0 Å². The molecule has 0 unspecified atom stereocenters. The maximum atomic E-state index is 5.43. The molecule has 0 bridgehead atoms. The minimum Gasteiger partial charge on any atom is -0.469 e. The molecule has 2 N–H and O–H groups in total. The van der Waals surface area contributed by atoms with Crippen LogP contribution in [0.5, 0.6) is 0 Å². The van der Waals surface area contributed by atoms with Gasteiger partial charge in [0.05, 0.1) is 18.5 Å². The highest BCUT2D eigenvalue weighted by atomic mass is 127. The molecule has 168 valence electrons. The Morgan fingerprint density at radius 3 is 2.56 bits per heavy atom. The van der Waals surface area contributed by atoms with E-state index in [-0.39, 0.29) is 24.0 Å². The van der Waals surface area contributed by atoms with Gasteiger partial charge in [-0.15, -0.1) is 35.3 Å². The Morgan fingerprint density at radius 2 is 1.84 bits per heavy atom. The number of hydrogen-bond acceptors (Lipinski definition) is 4. The quantitative estimate of drug-likeness (QED) is 0.174. The molecule has 1 aromatic carbocycles. The van der Waals surface area contributed by atoms with Crippen LogP contribution in [0.4, 0.5) is 0 Å². The highest BCUT2D eigenvalue weighted by molar-refractivity contribution is 14.0. The van der Waals surface area contributed by atoms with E-state index in [1.807, 2.05) is 48.3 Å². The molecule has 0 spiro atoms. The summed E-state index contributed by atoms with van der Waals surface area (Å²) in [5.41, 5.74) is 3.17. The fourth-order valence-electron chi connectivity index (χ4n) is 3.35. The lowest BCUT2D eigenvalue weighted by atomic mass is 10.1. The molecule has 0 aliphatic carbocycles. The number of furan rings is 1. The van der Waals surface area contributed by atoms with Crippen LogP contribution in [0.3, 0.4) is 0 Å². The normalized spacial score (nSPS) is 11.2. The summed E-state index contributed by atoms with van der Waals surface area (Å²) in [6, 6.07) is 18.4. The third kappa shape index (κ3) is 6.96. The molecule has 8 heteroatoms. The standard InChI is InChI=1S/C24H27N5OS.HI/c1-29-18-20(23(28-29)19-7-3-2-4-8-19)17-27-24(25-13-11-21-9-5-15-30-21)26-14-12-22-10-6-16-31-22;/h2-10,15-16,18H,11-14,17H2,1H3,(H2,25,26,27);1H. The lowest BCUT2D eigenvalue weighted by Gasteiger charge is -2.12. The average molecular weight is 561 g/mol. The molecule has 0 fully saturated rings. The third-order valence-corrected chi connectivity index (χ3v) is 5.78. The average Bonchev–Trinajstić information content (AvgIpc) is 3.55. The van der Waals surface area contributed by atoms with Crippen molar-refractivity contribution in [2.45, 2.75) is 19.4 Å². The number of aromatic nitrogens is 2. The molecule has 4 rings (SSSR count). The zero-order valence-corrected chi connectivity index (χ0v) is 21.2. The Hall–Kier alpha value is -2.59. The van der Waals surface area contributed by atoms with Crippen molar-refractivity contribution in [3.05, 3.63) is 88.6 Å². The minimum absolute atomic E-state index is 0. The highest BCUT2D eigenvalue weighted by Crippen LogP contribution is 2.22. The zero-order valence-electron chi connectivity index (χ0n) is 18.0. The van der Waals surface area contributed by atoms with Crippen LogP contribution in [0.15, 0.2) is 81.8 Å². The molecule has 0 amide bonds. The summed E-state index contributed by atoms with van der Waals surface area (Å²) in [6.45, 7) is 2.12. The van der Waals surface area contributed by atoms with Crippen LogP contribution in [-0.2, 0) is 26.4 Å². The van der Waals surface area contributed by atoms with E-state index < -0.39 is 0 Å². The summed E-state index contributed by atoms with van der Waals surface area (Å²) in [5.74, 6) is 1.76. The number of aryl methyl sites for hydroxylation is 1. The lowest BCUT2D eigenvalue weighted by Crippen LogP contribution is -2.39. The van der Waals surface area contributed by atoms with Gasteiger partial charge in [-0.1, -0.05) is 36.4 Å². The van der Waals surface area contributed by atoms with Gasteiger partial charge in [0.25, 0.3) is 0 Å². The van der Waals surface area contributed by atoms with Crippen molar-refractivity contribution in [3.8, 4) is 11.3 Å². The summed E-state index contributed by atoms with van der Waals surface area (Å²) < 4.78 is 7.28. The summed E-state index contributed by atoms with van der Waals surface area (Å²) in [4.78, 5) is 6.21.